The maximum absolute atomic E-state index is 11.0. The van der Waals surface area contributed by atoms with E-state index in [4.69, 9.17) is 5.11 Å². The molecule has 5 heteroatoms. The molecule has 0 amide bonds. The summed E-state index contributed by atoms with van der Waals surface area (Å²) in [5.41, 5.74) is -0.947. The quantitative estimate of drug-likeness (QED) is 0.347. The molecule has 5 nitrogen and oxygen atoms in total. The molecule has 1 aliphatic rings. The zero-order valence-electron chi connectivity index (χ0n) is 16.7. The highest BCUT2D eigenvalue weighted by Gasteiger charge is 2.49. The van der Waals surface area contributed by atoms with Gasteiger partial charge in [0.2, 0.25) is 0 Å². The summed E-state index contributed by atoms with van der Waals surface area (Å²) in [5, 5.41) is 40.4. The van der Waals surface area contributed by atoms with E-state index in [1.807, 2.05) is 6.92 Å². The molecule has 1 rings (SSSR count). The Balaban J connectivity index is 2.45. The summed E-state index contributed by atoms with van der Waals surface area (Å²) in [7, 11) is 0. The van der Waals surface area contributed by atoms with Crippen molar-refractivity contribution in [1.82, 2.24) is 0 Å². The Kier molecular flexibility index (Phi) is 10.7. The summed E-state index contributed by atoms with van der Waals surface area (Å²) in [6, 6.07) is 0. The van der Waals surface area contributed by atoms with Crippen LogP contribution in [0.5, 0.6) is 0 Å². The first-order valence-corrected chi connectivity index (χ1v) is 10.6. The van der Waals surface area contributed by atoms with Gasteiger partial charge in [0.15, 0.2) is 0 Å². The van der Waals surface area contributed by atoms with Crippen molar-refractivity contribution < 1.29 is 25.2 Å². The highest BCUT2D eigenvalue weighted by Crippen LogP contribution is 2.44. The van der Waals surface area contributed by atoms with Gasteiger partial charge >= 0.3 is 5.97 Å². The topological polar surface area (TPSA) is 98.0 Å². The van der Waals surface area contributed by atoms with Crippen molar-refractivity contribution in [3.05, 3.63) is 0 Å². The van der Waals surface area contributed by atoms with Crippen molar-refractivity contribution in [2.45, 2.75) is 115 Å². The first-order valence-electron chi connectivity index (χ1n) is 10.6. The molecule has 0 aromatic rings. The molecule has 0 aliphatic heterocycles. The Morgan fingerprint density at radius 1 is 0.962 bits per heavy atom. The van der Waals surface area contributed by atoms with Crippen LogP contribution in [0, 0.1) is 11.8 Å². The molecule has 5 atom stereocenters. The van der Waals surface area contributed by atoms with Crippen LogP contribution in [-0.4, -0.2) is 44.2 Å². The maximum Gasteiger partial charge on any atom is 0.303 e. The SMILES string of the molecule is CCCCCCCC(C)(O)[C@@H]1[C@@H](O)CC(O)[C@@H]1CCCCCCC(=O)O. The normalized spacial score (nSPS) is 28.2. The van der Waals surface area contributed by atoms with Gasteiger partial charge in [0.05, 0.1) is 17.8 Å². The van der Waals surface area contributed by atoms with Gasteiger partial charge in [-0.05, 0) is 38.5 Å². The number of carboxylic acid groups (broad SMARTS) is 1. The second-order valence-electron chi connectivity index (χ2n) is 8.43. The lowest BCUT2D eigenvalue weighted by Crippen LogP contribution is -2.43. The van der Waals surface area contributed by atoms with Crippen LogP contribution in [0.2, 0.25) is 0 Å². The first-order chi connectivity index (χ1) is 12.3. The van der Waals surface area contributed by atoms with E-state index in [0.717, 1.165) is 38.5 Å². The molecule has 1 fully saturated rings. The molecule has 0 saturated heterocycles. The largest absolute Gasteiger partial charge is 0.481 e. The fourth-order valence-electron chi connectivity index (χ4n) is 4.60. The number of hydrogen-bond acceptors (Lipinski definition) is 4. The van der Waals surface area contributed by atoms with Crippen LogP contribution in [0.3, 0.4) is 0 Å². The van der Waals surface area contributed by atoms with Crippen molar-refractivity contribution in [3.63, 3.8) is 0 Å². The van der Waals surface area contributed by atoms with Crippen LogP contribution < -0.4 is 0 Å². The van der Waals surface area contributed by atoms with Crippen LogP contribution in [0.15, 0.2) is 0 Å². The predicted molar refractivity (Wildman–Crippen MR) is 103 cm³/mol. The van der Waals surface area contributed by atoms with Crippen LogP contribution in [0.4, 0.5) is 0 Å². The van der Waals surface area contributed by atoms with E-state index in [1.54, 1.807) is 0 Å². The second-order valence-corrected chi connectivity index (χ2v) is 8.43. The monoisotopic (exact) mass is 372 g/mol. The number of unbranched alkanes of at least 4 members (excludes halogenated alkanes) is 7. The maximum atomic E-state index is 11.0. The van der Waals surface area contributed by atoms with Gasteiger partial charge in [0.25, 0.3) is 0 Å². The third kappa shape index (κ3) is 7.93. The number of aliphatic carboxylic acids is 1. The van der Waals surface area contributed by atoms with Gasteiger partial charge in [-0.2, -0.15) is 0 Å². The van der Waals surface area contributed by atoms with Gasteiger partial charge in [-0.25, -0.2) is 0 Å². The van der Waals surface area contributed by atoms with Gasteiger partial charge in [-0.15, -0.1) is 0 Å². The van der Waals surface area contributed by atoms with Crippen molar-refractivity contribution in [3.8, 4) is 0 Å². The molecular formula is C21H40O5. The summed E-state index contributed by atoms with van der Waals surface area (Å²) < 4.78 is 0. The third-order valence-electron chi connectivity index (χ3n) is 6.04. The molecule has 1 aliphatic carbocycles. The summed E-state index contributed by atoms with van der Waals surface area (Å²) in [4.78, 5) is 10.5. The van der Waals surface area contributed by atoms with Gasteiger partial charge in [0.1, 0.15) is 0 Å². The molecule has 154 valence electrons. The average Bonchev–Trinajstić information content (AvgIpc) is 2.84. The van der Waals surface area contributed by atoms with Gasteiger partial charge in [0, 0.05) is 12.3 Å². The smallest absolute Gasteiger partial charge is 0.303 e. The fourth-order valence-corrected chi connectivity index (χ4v) is 4.60. The van der Waals surface area contributed by atoms with E-state index in [-0.39, 0.29) is 18.3 Å². The molecule has 0 aromatic carbocycles. The van der Waals surface area contributed by atoms with E-state index >= 15 is 0 Å². The minimum absolute atomic E-state index is 0.0740. The van der Waals surface area contributed by atoms with E-state index in [0.29, 0.717) is 19.3 Å². The van der Waals surface area contributed by atoms with E-state index in [2.05, 4.69) is 6.92 Å². The lowest BCUT2D eigenvalue weighted by molar-refractivity contribution is -0.137. The molecule has 0 aromatic heterocycles. The molecule has 1 saturated carbocycles. The minimum Gasteiger partial charge on any atom is -0.481 e. The lowest BCUT2D eigenvalue weighted by Gasteiger charge is -2.37. The molecule has 4 N–H and O–H groups in total. The Bertz CT molecular complexity index is 396. The zero-order valence-corrected chi connectivity index (χ0v) is 16.7. The fraction of sp³-hybridized carbons (Fsp3) is 0.952. The van der Waals surface area contributed by atoms with Gasteiger partial charge in [-0.1, -0.05) is 58.3 Å². The highest BCUT2D eigenvalue weighted by molar-refractivity contribution is 5.66. The number of aliphatic hydroxyl groups is 3. The summed E-state index contributed by atoms with van der Waals surface area (Å²) in [6.07, 6.45) is 9.84. The van der Waals surface area contributed by atoms with Crippen molar-refractivity contribution in [2.75, 3.05) is 0 Å². The number of carbonyl (C=O) groups is 1. The van der Waals surface area contributed by atoms with Gasteiger partial charge < -0.3 is 20.4 Å². The average molecular weight is 373 g/mol. The lowest BCUT2D eigenvalue weighted by atomic mass is 9.75. The van der Waals surface area contributed by atoms with Crippen LogP contribution in [-0.2, 0) is 4.79 Å². The van der Waals surface area contributed by atoms with Crippen LogP contribution >= 0.6 is 0 Å². The number of hydrogen-bond donors (Lipinski definition) is 4. The van der Waals surface area contributed by atoms with Crippen molar-refractivity contribution in [1.29, 1.82) is 0 Å². The standard InChI is InChI=1S/C21H40O5/c1-3-4-5-8-11-14-21(2,26)20-16(17(22)15-18(20)23)12-9-6-7-10-13-19(24)25/h16-18,20,22-23,26H,3-15H2,1-2H3,(H,24,25)/t16-,17?,18-,20-,21?/m0/s1. The summed E-state index contributed by atoms with van der Waals surface area (Å²) in [6.45, 7) is 4.00. The van der Waals surface area contributed by atoms with Gasteiger partial charge in [-0.3, -0.25) is 4.79 Å². The summed E-state index contributed by atoms with van der Waals surface area (Å²) >= 11 is 0. The highest BCUT2D eigenvalue weighted by atomic mass is 16.4. The molecule has 0 heterocycles. The van der Waals surface area contributed by atoms with Crippen LogP contribution in [0.1, 0.15) is 97.3 Å². The van der Waals surface area contributed by atoms with Crippen LogP contribution in [0.25, 0.3) is 0 Å². The van der Waals surface area contributed by atoms with E-state index < -0.39 is 23.8 Å². The number of rotatable bonds is 14. The number of aliphatic hydroxyl groups excluding tert-OH is 2. The zero-order chi connectivity index (χ0) is 19.6. The Labute approximate surface area is 158 Å². The molecule has 26 heavy (non-hydrogen) atoms. The second kappa shape index (κ2) is 11.9. The molecule has 0 bridgehead atoms. The van der Waals surface area contributed by atoms with E-state index in [9.17, 15) is 20.1 Å². The van der Waals surface area contributed by atoms with Crippen molar-refractivity contribution >= 4 is 5.97 Å². The Hall–Kier alpha value is -0.650. The third-order valence-corrected chi connectivity index (χ3v) is 6.04. The molecular weight excluding hydrogens is 332 g/mol. The minimum atomic E-state index is -0.947. The number of carboxylic acids is 1. The predicted octanol–water partition coefficient (Wildman–Crippen LogP) is 3.88. The Morgan fingerprint density at radius 3 is 2.23 bits per heavy atom. The molecule has 0 radical (unpaired) electrons. The molecule has 2 unspecified atom stereocenters. The summed E-state index contributed by atoms with van der Waals surface area (Å²) in [5.74, 6) is -1.10. The molecule has 0 spiro atoms. The van der Waals surface area contributed by atoms with E-state index in [1.165, 1.54) is 19.3 Å². The van der Waals surface area contributed by atoms with Crippen molar-refractivity contribution in [2.24, 2.45) is 11.8 Å². The Morgan fingerprint density at radius 2 is 1.58 bits per heavy atom. The first kappa shape index (κ1) is 23.4.